The number of methoxy groups -OCH3 is 1. The summed E-state index contributed by atoms with van der Waals surface area (Å²) in [6.07, 6.45) is 0.535. The fourth-order valence-electron chi connectivity index (χ4n) is 2.34. The summed E-state index contributed by atoms with van der Waals surface area (Å²) in [5.41, 5.74) is 1.67. The molecule has 0 amide bonds. The molecule has 0 bridgehead atoms. The van der Waals surface area contributed by atoms with Crippen molar-refractivity contribution in [3.8, 4) is 5.75 Å². The zero-order valence-corrected chi connectivity index (χ0v) is 13.0. The first-order valence-electron chi connectivity index (χ1n) is 6.96. The van der Waals surface area contributed by atoms with Crippen molar-refractivity contribution in [3.05, 3.63) is 64.4 Å². The van der Waals surface area contributed by atoms with Gasteiger partial charge in [0.25, 0.3) is 0 Å². The van der Waals surface area contributed by atoms with Gasteiger partial charge >= 0.3 is 0 Å². The molecule has 1 atom stereocenters. The number of likely N-dealkylation sites (N-methyl/N-ethyl adjacent to an activating group) is 1. The molecule has 21 heavy (non-hydrogen) atoms. The third-order valence-electron chi connectivity index (χ3n) is 3.40. The largest absolute Gasteiger partial charge is 0.497 e. The molecule has 0 spiro atoms. The molecule has 0 radical (unpaired) electrons. The Labute approximate surface area is 129 Å². The zero-order chi connectivity index (χ0) is 15.2. The molecule has 1 unspecified atom stereocenters. The fourth-order valence-corrected chi connectivity index (χ4v) is 2.53. The number of rotatable bonds is 6. The summed E-state index contributed by atoms with van der Waals surface area (Å²) in [7, 11) is 1.64. The summed E-state index contributed by atoms with van der Waals surface area (Å²) in [6.45, 7) is 2.82. The summed E-state index contributed by atoms with van der Waals surface area (Å²) in [5, 5.41) is 3.54. The maximum atomic E-state index is 14.1. The molecule has 0 aliphatic rings. The van der Waals surface area contributed by atoms with E-state index in [0.29, 0.717) is 12.0 Å². The first kappa shape index (κ1) is 15.8. The molecule has 2 rings (SSSR count). The van der Waals surface area contributed by atoms with Crippen molar-refractivity contribution >= 4 is 11.6 Å². The van der Waals surface area contributed by atoms with Crippen LogP contribution in [-0.4, -0.2) is 13.7 Å². The van der Waals surface area contributed by atoms with Crippen LogP contribution >= 0.6 is 11.6 Å². The summed E-state index contributed by atoms with van der Waals surface area (Å²) < 4.78 is 19.3. The maximum Gasteiger partial charge on any atom is 0.145 e. The predicted molar refractivity (Wildman–Crippen MR) is 84.5 cm³/mol. The standard InChI is InChI=1S/C17H19ClFNO/c1-3-20-16(12-6-4-8-14(10-12)21-2)11-13-7-5-9-15(18)17(13)19/h4-10,16,20H,3,11H2,1-2H3. The first-order chi connectivity index (χ1) is 10.2. The average molecular weight is 308 g/mol. The zero-order valence-electron chi connectivity index (χ0n) is 12.2. The highest BCUT2D eigenvalue weighted by Gasteiger charge is 2.15. The van der Waals surface area contributed by atoms with Crippen molar-refractivity contribution in [3.63, 3.8) is 0 Å². The molecule has 2 aromatic rings. The van der Waals surface area contributed by atoms with Crippen molar-refractivity contribution in [1.82, 2.24) is 5.32 Å². The van der Waals surface area contributed by atoms with Crippen LogP contribution in [0, 0.1) is 5.82 Å². The Morgan fingerprint density at radius 2 is 2.00 bits per heavy atom. The highest BCUT2D eigenvalue weighted by Crippen LogP contribution is 2.26. The normalized spacial score (nSPS) is 12.2. The van der Waals surface area contributed by atoms with Crippen LogP contribution in [0.4, 0.5) is 4.39 Å². The SMILES string of the molecule is CCNC(Cc1cccc(Cl)c1F)c1cccc(OC)c1. The monoisotopic (exact) mass is 307 g/mol. The molecule has 0 heterocycles. The van der Waals surface area contributed by atoms with Crippen LogP contribution in [0.1, 0.15) is 24.1 Å². The predicted octanol–water partition coefficient (Wildman–Crippen LogP) is 4.38. The molecule has 0 saturated heterocycles. The van der Waals surface area contributed by atoms with E-state index in [1.54, 1.807) is 25.3 Å². The van der Waals surface area contributed by atoms with Gasteiger partial charge in [0.1, 0.15) is 11.6 Å². The van der Waals surface area contributed by atoms with Crippen molar-refractivity contribution < 1.29 is 9.13 Å². The number of nitrogens with one attached hydrogen (secondary N) is 1. The van der Waals surface area contributed by atoms with Crippen molar-refractivity contribution in [2.45, 2.75) is 19.4 Å². The highest BCUT2D eigenvalue weighted by atomic mass is 35.5. The second-order valence-corrected chi connectivity index (χ2v) is 5.21. The molecule has 2 nitrogen and oxygen atoms in total. The van der Waals surface area contributed by atoms with Gasteiger partial charge in [-0.3, -0.25) is 0 Å². The van der Waals surface area contributed by atoms with Gasteiger partial charge in [-0.25, -0.2) is 4.39 Å². The molecule has 0 saturated carbocycles. The minimum absolute atomic E-state index is 0.0121. The van der Waals surface area contributed by atoms with Gasteiger partial charge in [0.05, 0.1) is 12.1 Å². The van der Waals surface area contributed by atoms with Gasteiger partial charge in [-0.05, 0) is 42.3 Å². The van der Waals surface area contributed by atoms with E-state index in [1.807, 2.05) is 31.2 Å². The number of benzene rings is 2. The van der Waals surface area contributed by atoms with E-state index in [2.05, 4.69) is 5.32 Å². The molecule has 2 aromatic carbocycles. The first-order valence-corrected chi connectivity index (χ1v) is 7.33. The van der Waals surface area contributed by atoms with Crippen molar-refractivity contribution in [2.75, 3.05) is 13.7 Å². The van der Waals surface area contributed by atoms with E-state index in [1.165, 1.54) is 0 Å². The minimum atomic E-state index is -0.343. The van der Waals surface area contributed by atoms with E-state index in [-0.39, 0.29) is 16.9 Å². The number of halogens is 2. The Morgan fingerprint density at radius 3 is 2.71 bits per heavy atom. The van der Waals surface area contributed by atoms with Gasteiger partial charge < -0.3 is 10.1 Å². The lowest BCUT2D eigenvalue weighted by atomic mass is 9.98. The van der Waals surface area contributed by atoms with E-state index < -0.39 is 0 Å². The Bertz CT molecular complexity index is 603. The molecule has 1 N–H and O–H groups in total. The van der Waals surface area contributed by atoms with Gasteiger partial charge in [-0.15, -0.1) is 0 Å². The summed E-state index contributed by atoms with van der Waals surface area (Å²) in [5.74, 6) is 0.451. The Balaban J connectivity index is 2.28. The molecule has 0 aromatic heterocycles. The molecule has 4 heteroatoms. The van der Waals surface area contributed by atoms with E-state index in [4.69, 9.17) is 16.3 Å². The molecule has 112 valence electrons. The van der Waals surface area contributed by atoms with Crippen LogP contribution in [0.15, 0.2) is 42.5 Å². The Hall–Kier alpha value is -1.58. The second-order valence-electron chi connectivity index (χ2n) is 4.80. The van der Waals surface area contributed by atoms with Crippen LogP contribution in [0.2, 0.25) is 5.02 Å². The highest BCUT2D eigenvalue weighted by molar-refractivity contribution is 6.30. The smallest absolute Gasteiger partial charge is 0.145 e. The Morgan fingerprint density at radius 1 is 1.24 bits per heavy atom. The van der Waals surface area contributed by atoms with Gasteiger partial charge in [0.15, 0.2) is 0 Å². The van der Waals surface area contributed by atoms with Crippen LogP contribution in [0.5, 0.6) is 5.75 Å². The lowest BCUT2D eigenvalue weighted by Gasteiger charge is -2.19. The van der Waals surface area contributed by atoms with Crippen LogP contribution in [-0.2, 0) is 6.42 Å². The third kappa shape index (κ3) is 3.96. The summed E-state index contributed by atoms with van der Waals surface area (Å²) in [6, 6.07) is 12.9. The fraction of sp³-hybridized carbons (Fsp3) is 0.294. The van der Waals surface area contributed by atoms with E-state index >= 15 is 0 Å². The molecule has 0 aliphatic carbocycles. The molecular formula is C17H19ClFNO. The maximum absolute atomic E-state index is 14.1. The van der Waals surface area contributed by atoms with Crippen molar-refractivity contribution in [1.29, 1.82) is 0 Å². The quantitative estimate of drug-likeness (QED) is 0.855. The van der Waals surface area contributed by atoms with Gasteiger partial charge in [-0.2, -0.15) is 0 Å². The van der Waals surface area contributed by atoms with Gasteiger partial charge in [-0.1, -0.05) is 42.8 Å². The lowest BCUT2D eigenvalue weighted by molar-refractivity contribution is 0.413. The molecule has 0 fully saturated rings. The number of ether oxygens (including phenoxy) is 1. The third-order valence-corrected chi connectivity index (χ3v) is 3.69. The number of hydrogen-bond donors (Lipinski definition) is 1. The molecule has 0 aliphatic heterocycles. The van der Waals surface area contributed by atoms with Crippen LogP contribution in [0.25, 0.3) is 0 Å². The van der Waals surface area contributed by atoms with Crippen molar-refractivity contribution in [2.24, 2.45) is 0 Å². The molecular weight excluding hydrogens is 289 g/mol. The summed E-state index contributed by atoms with van der Waals surface area (Å²) >= 11 is 5.85. The summed E-state index contributed by atoms with van der Waals surface area (Å²) in [4.78, 5) is 0. The lowest BCUT2D eigenvalue weighted by Crippen LogP contribution is -2.23. The van der Waals surface area contributed by atoms with Gasteiger partial charge in [0.2, 0.25) is 0 Å². The van der Waals surface area contributed by atoms with Gasteiger partial charge in [0, 0.05) is 6.04 Å². The van der Waals surface area contributed by atoms with E-state index in [0.717, 1.165) is 17.9 Å². The second kappa shape index (κ2) is 7.43. The minimum Gasteiger partial charge on any atom is -0.497 e. The topological polar surface area (TPSA) is 21.3 Å². The number of hydrogen-bond acceptors (Lipinski definition) is 2. The van der Waals surface area contributed by atoms with Crippen LogP contribution < -0.4 is 10.1 Å². The Kier molecular flexibility index (Phi) is 5.59. The van der Waals surface area contributed by atoms with E-state index in [9.17, 15) is 4.39 Å². The van der Waals surface area contributed by atoms with Crippen LogP contribution in [0.3, 0.4) is 0 Å². The average Bonchev–Trinajstić information content (AvgIpc) is 2.51.